The number of benzene rings is 3. The van der Waals surface area contributed by atoms with Gasteiger partial charge in [0.2, 0.25) is 5.91 Å². The van der Waals surface area contributed by atoms with E-state index in [-0.39, 0.29) is 6.42 Å². The molecule has 0 aliphatic carbocycles. The van der Waals surface area contributed by atoms with Gasteiger partial charge < -0.3 is 15.6 Å². The third-order valence-corrected chi connectivity index (χ3v) is 5.64. The first kappa shape index (κ1) is 23.2. The van der Waals surface area contributed by atoms with E-state index < -0.39 is 23.4 Å². The Labute approximate surface area is 188 Å². The van der Waals surface area contributed by atoms with Crippen molar-refractivity contribution >= 4 is 11.9 Å². The van der Waals surface area contributed by atoms with Crippen molar-refractivity contribution in [3.8, 4) is 0 Å². The molecule has 0 heterocycles. The van der Waals surface area contributed by atoms with Gasteiger partial charge >= 0.3 is 5.97 Å². The van der Waals surface area contributed by atoms with Crippen LogP contribution in [0.25, 0.3) is 0 Å². The highest BCUT2D eigenvalue weighted by atomic mass is 16.5. The van der Waals surface area contributed by atoms with Crippen LogP contribution < -0.4 is 5.73 Å². The van der Waals surface area contributed by atoms with Gasteiger partial charge in [-0.15, -0.1) is 0 Å². The Morgan fingerprint density at radius 2 is 1.19 bits per heavy atom. The number of ether oxygens (including phenoxy) is 1. The van der Waals surface area contributed by atoms with Gasteiger partial charge in [-0.2, -0.15) is 0 Å². The first-order chi connectivity index (χ1) is 15.6. The molecule has 3 aromatic rings. The first-order valence-corrected chi connectivity index (χ1v) is 10.9. The van der Waals surface area contributed by atoms with Crippen LogP contribution in [0.2, 0.25) is 0 Å². The lowest BCUT2D eigenvalue weighted by atomic mass is 9.80. The van der Waals surface area contributed by atoms with E-state index in [1.165, 1.54) is 0 Å². The topological polar surface area (TPSA) is 89.6 Å². The van der Waals surface area contributed by atoms with Gasteiger partial charge in [-0.3, -0.25) is 9.59 Å². The first-order valence-electron chi connectivity index (χ1n) is 10.9. The van der Waals surface area contributed by atoms with E-state index in [1.807, 2.05) is 54.6 Å². The van der Waals surface area contributed by atoms with E-state index in [1.54, 1.807) is 0 Å². The number of carbonyl (C=O) groups is 2. The molecule has 5 heteroatoms. The van der Waals surface area contributed by atoms with Crippen LogP contribution in [0.5, 0.6) is 0 Å². The van der Waals surface area contributed by atoms with Crippen molar-refractivity contribution in [2.75, 3.05) is 6.61 Å². The molecular weight excluding hydrogens is 402 g/mol. The molecule has 0 radical (unpaired) electrons. The third kappa shape index (κ3) is 5.42. The van der Waals surface area contributed by atoms with Gasteiger partial charge in [-0.25, -0.2) is 0 Å². The highest BCUT2D eigenvalue weighted by molar-refractivity contribution is 5.95. The van der Waals surface area contributed by atoms with Gasteiger partial charge in [-0.1, -0.05) is 104 Å². The molecule has 0 spiro atoms. The number of hydrogen-bond donors (Lipinski definition) is 2. The number of unbranched alkanes of at least 4 members (excludes halogenated alkanes) is 2. The van der Waals surface area contributed by atoms with Crippen molar-refractivity contribution < 1.29 is 19.4 Å². The second-order valence-electron chi connectivity index (χ2n) is 7.77. The van der Waals surface area contributed by atoms with Gasteiger partial charge in [0.05, 0.1) is 0 Å². The quantitative estimate of drug-likeness (QED) is 0.246. The molecule has 32 heavy (non-hydrogen) atoms. The summed E-state index contributed by atoms with van der Waals surface area (Å²) in [4.78, 5) is 22.4. The van der Waals surface area contributed by atoms with Crippen LogP contribution in [0, 0.1) is 5.92 Å². The SMILES string of the molecule is NC(=O)C(CCCCCOC(c1ccccc1)(c1ccccc1)c1ccccc1)C(=O)O. The summed E-state index contributed by atoms with van der Waals surface area (Å²) >= 11 is 0. The number of nitrogens with two attached hydrogens (primary N) is 1. The highest BCUT2D eigenvalue weighted by Crippen LogP contribution is 2.40. The lowest BCUT2D eigenvalue weighted by molar-refractivity contribution is -0.146. The van der Waals surface area contributed by atoms with Crippen molar-refractivity contribution in [2.45, 2.75) is 31.3 Å². The van der Waals surface area contributed by atoms with Gasteiger partial charge in [0.1, 0.15) is 11.5 Å². The molecule has 0 saturated heterocycles. The number of carboxylic acid groups (broad SMARTS) is 1. The fourth-order valence-electron chi connectivity index (χ4n) is 4.01. The zero-order chi connectivity index (χ0) is 22.8. The lowest BCUT2D eigenvalue weighted by Crippen LogP contribution is -2.33. The summed E-state index contributed by atoms with van der Waals surface area (Å²) < 4.78 is 6.68. The fourth-order valence-corrected chi connectivity index (χ4v) is 4.01. The molecule has 0 fully saturated rings. The molecule has 0 aliphatic rings. The van der Waals surface area contributed by atoms with Crippen molar-refractivity contribution in [3.63, 3.8) is 0 Å². The lowest BCUT2D eigenvalue weighted by Gasteiger charge is -2.36. The standard InChI is InChI=1S/C27H29NO4/c28-25(29)24(26(30)31)19-11-4-12-20-32-27(21-13-5-1-6-14-21,22-15-7-2-8-16-22)23-17-9-3-10-18-23/h1-3,5-10,13-18,24H,4,11-12,19-20H2,(H2,28,29)(H,30,31). The number of primary amides is 1. The molecule has 0 aromatic heterocycles. The van der Waals surface area contributed by atoms with Crippen molar-refractivity contribution in [1.29, 1.82) is 0 Å². The van der Waals surface area contributed by atoms with E-state index in [0.717, 1.165) is 29.5 Å². The summed E-state index contributed by atoms with van der Waals surface area (Å²) in [7, 11) is 0. The van der Waals surface area contributed by atoms with E-state index >= 15 is 0 Å². The summed E-state index contributed by atoms with van der Waals surface area (Å²) in [6.07, 6.45) is 2.31. The maximum atomic E-state index is 11.3. The van der Waals surface area contributed by atoms with Gasteiger partial charge in [0.15, 0.2) is 0 Å². The van der Waals surface area contributed by atoms with E-state index in [4.69, 9.17) is 15.6 Å². The second kappa shape index (κ2) is 11.3. The molecule has 0 aliphatic heterocycles. The summed E-state index contributed by atoms with van der Waals surface area (Å²) in [5, 5.41) is 9.11. The van der Waals surface area contributed by atoms with Crippen LogP contribution in [-0.4, -0.2) is 23.6 Å². The predicted molar refractivity (Wildman–Crippen MR) is 124 cm³/mol. The van der Waals surface area contributed by atoms with E-state index in [0.29, 0.717) is 13.0 Å². The molecule has 5 nitrogen and oxygen atoms in total. The largest absolute Gasteiger partial charge is 0.481 e. The van der Waals surface area contributed by atoms with Gasteiger partial charge in [0.25, 0.3) is 0 Å². The van der Waals surface area contributed by atoms with Crippen LogP contribution in [0.4, 0.5) is 0 Å². The molecule has 166 valence electrons. The van der Waals surface area contributed by atoms with Crippen molar-refractivity contribution in [1.82, 2.24) is 0 Å². The Morgan fingerprint density at radius 1 is 0.750 bits per heavy atom. The van der Waals surface area contributed by atoms with Crippen LogP contribution >= 0.6 is 0 Å². The Balaban J connectivity index is 1.80. The average Bonchev–Trinajstić information content (AvgIpc) is 2.82. The van der Waals surface area contributed by atoms with Crippen molar-refractivity contribution in [2.24, 2.45) is 11.7 Å². The zero-order valence-electron chi connectivity index (χ0n) is 18.0. The summed E-state index contributed by atoms with van der Waals surface area (Å²) in [6.45, 7) is 0.479. The molecule has 0 saturated carbocycles. The van der Waals surface area contributed by atoms with Crippen LogP contribution in [0.1, 0.15) is 42.4 Å². The zero-order valence-corrected chi connectivity index (χ0v) is 18.0. The number of carbonyl (C=O) groups excluding carboxylic acids is 1. The monoisotopic (exact) mass is 431 g/mol. The average molecular weight is 432 g/mol. The highest BCUT2D eigenvalue weighted by Gasteiger charge is 2.37. The molecule has 3 rings (SSSR count). The number of hydrogen-bond acceptors (Lipinski definition) is 3. The predicted octanol–water partition coefficient (Wildman–Crippen LogP) is 4.74. The third-order valence-electron chi connectivity index (χ3n) is 5.64. The molecule has 1 atom stereocenters. The maximum Gasteiger partial charge on any atom is 0.316 e. The Morgan fingerprint density at radius 3 is 1.56 bits per heavy atom. The molecule has 1 amide bonds. The summed E-state index contributed by atoms with van der Waals surface area (Å²) in [6, 6.07) is 30.5. The van der Waals surface area contributed by atoms with Crippen molar-refractivity contribution in [3.05, 3.63) is 108 Å². The Bertz CT molecular complexity index is 879. The Hall–Kier alpha value is -3.44. The minimum absolute atomic E-state index is 0.242. The minimum Gasteiger partial charge on any atom is -0.481 e. The van der Waals surface area contributed by atoms with Crippen LogP contribution in [0.15, 0.2) is 91.0 Å². The molecule has 3 aromatic carbocycles. The normalized spacial score (nSPS) is 12.2. The molecule has 1 unspecified atom stereocenters. The number of rotatable bonds is 12. The molecule has 0 bridgehead atoms. The van der Waals surface area contributed by atoms with Crippen LogP contribution in [0.3, 0.4) is 0 Å². The smallest absolute Gasteiger partial charge is 0.316 e. The number of aliphatic carboxylic acids is 1. The fraction of sp³-hybridized carbons (Fsp3) is 0.259. The summed E-state index contributed by atoms with van der Waals surface area (Å²) in [5.74, 6) is -3.08. The minimum atomic E-state index is -1.16. The number of carboxylic acids is 1. The number of amides is 1. The van der Waals surface area contributed by atoms with E-state index in [9.17, 15) is 9.59 Å². The van der Waals surface area contributed by atoms with Crippen LogP contribution in [-0.2, 0) is 19.9 Å². The maximum absolute atomic E-state index is 11.3. The van der Waals surface area contributed by atoms with E-state index in [2.05, 4.69) is 36.4 Å². The molecular formula is C27H29NO4. The summed E-state index contributed by atoms with van der Waals surface area (Å²) in [5.41, 5.74) is 7.54. The van der Waals surface area contributed by atoms with Gasteiger partial charge in [0, 0.05) is 6.61 Å². The second-order valence-corrected chi connectivity index (χ2v) is 7.77. The molecule has 3 N–H and O–H groups in total. The van der Waals surface area contributed by atoms with Gasteiger partial charge in [-0.05, 0) is 29.5 Å². The Kier molecular flexibility index (Phi) is 8.17.